The second-order valence-electron chi connectivity index (χ2n) is 4.55. The van der Waals surface area contributed by atoms with Gasteiger partial charge in [0, 0.05) is 12.1 Å². The van der Waals surface area contributed by atoms with E-state index in [1.165, 1.54) is 0 Å². The van der Waals surface area contributed by atoms with Gasteiger partial charge in [-0.2, -0.15) is 0 Å². The fourth-order valence-corrected chi connectivity index (χ4v) is 1.68. The van der Waals surface area contributed by atoms with E-state index < -0.39 is 37.6 Å². The van der Waals surface area contributed by atoms with Crippen LogP contribution in [0.1, 0.15) is 5.69 Å². The van der Waals surface area contributed by atoms with Crippen LogP contribution in [-0.4, -0.2) is 19.9 Å². The third-order valence-electron chi connectivity index (χ3n) is 2.96. The zero-order valence-electron chi connectivity index (χ0n) is 12.8. The Morgan fingerprint density at radius 3 is 1.84 bits per heavy atom. The fraction of sp³-hybridized carbons (Fsp3) is 0.154. The predicted molar refractivity (Wildman–Crippen MR) is 79.4 cm³/mol. The van der Waals surface area contributed by atoms with Gasteiger partial charge in [-0.05, 0) is 0 Å². The molecule has 2 aromatic rings. The molecule has 132 valence electrons. The lowest BCUT2D eigenvalue weighted by molar-refractivity contribution is -0.681. The van der Waals surface area contributed by atoms with Crippen LogP contribution in [0.15, 0.2) is 36.5 Å². The first-order chi connectivity index (χ1) is 11.7. The molecule has 0 atom stereocenters. The molecule has 0 amide bonds. The highest BCUT2D eigenvalue weighted by Crippen LogP contribution is 2.36. The fourth-order valence-electron chi connectivity index (χ4n) is 1.68. The molecular weight excluding hydrogens is 340 g/mol. The molecule has 2 rings (SSSR count). The van der Waals surface area contributed by atoms with Crippen LogP contribution < -0.4 is 9.67 Å². The predicted octanol–water partition coefficient (Wildman–Crippen LogP) is 0.488. The van der Waals surface area contributed by atoms with Gasteiger partial charge < -0.3 is 10.2 Å². The Bertz CT molecular complexity index is 788. The van der Waals surface area contributed by atoms with E-state index in [9.17, 15) is 35.4 Å². The average molecular weight is 352 g/mol. The zero-order chi connectivity index (χ0) is 19.1. The minimum atomic E-state index is -1.46. The number of hydrogen-bond acceptors (Lipinski definition) is 8. The van der Waals surface area contributed by atoms with Crippen LogP contribution in [0.4, 0.5) is 17.1 Å². The van der Waals surface area contributed by atoms with E-state index in [0.717, 1.165) is 5.69 Å². The first kappa shape index (κ1) is 19.4. The number of hydrogen-bond donors (Lipinski definition) is 1. The van der Waals surface area contributed by atoms with Crippen molar-refractivity contribution >= 4 is 17.1 Å². The summed E-state index contributed by atoms with van der Waals surface area (Å²) < 4.78 is 1.89. The van der Waals surface area contributed by atoms with E-state index in [0.29, 0.717) is 12.1 Å². The van der Waals surface area contributed by atoms with Crippen molar-refractivity contribution < 1.29 is 29.6 Å². The van der Waals surface area contributed by atoms with Crippen LogP contribution in [-0.2, 0) is 13.7 Å². The highest BCUT2D eigenvalue weighted by molar-refractivity contribution is 5.63. The number of aliphatic hydroxyl groups is 1. The summed E-state index contributed by atoms with van der Waals surface area (Å²) in [7, 11) is 1.91. The van der Waals surface area contributed by atoms with Gasteiger partial charge in [-0.15, -0.1) is 0 Å². The van der Waals surface area contributed by atoms with Crippen molar-refractivity contribution in [1.29, 1.82) is 0 Å². The van der Waals surface area contributed by atoms with Gasteiger partial charge in [0.2, 0.25) is 5.69 Å². The summed E-state index contributed by atoms with van der Waals surface area (Å²) in [5, 5.41) is 50.8. The van der Waals surface area contributed by atoms with Crippen molar-refractivity contribution in [3.05, 3.63) is 72.6 Å². The second-order valence-corrected chi connectivity index (χ2v) is 4.55. The summed E-state index contributed by atoms with van der Waals surface area (Å²) in [4.78, 5) is 27.5. The number of pyridine rings is 1. The van der Waals surface area contributed by atoms with Crippen molar-refractivity contribution in [3.63, 3.8) is 0 Å². The first-order valence-electron chi connectivity index (χ1n) is 6.51. The number of benzene rings is 1. The highest BCUT2D eigenvalue weighted by atomic mass is 16.6. The zero-order valence-corrected chi connectivity index (χ0v) is 12.8. The SMILES string of the molecule is C[n+]1ccccc1CO.O=[N+]([O-])c1cc([N+](=O)[O-])c([O-])c([N+](=O)[O-])c1. The Morgan fingerprint density at radius 1 is 1.00 bits per heavy atom. The quantitative estimate of drug-likeness (QED) is 0.469. The Balaban J connectivity index is 0.000000293. The van der Waals surface area contributed by atoms with Crippen LogP contribution in [0.2, 0.25) is 0 Å². The standard InChI is InChI=1S/C7H10NO.C6H3N3O7/c1-8-5-3-2-4-7(8)6-9;10-6-4(8(13)14)1-3(7(11)12)2-5(6)9(15)16/h2-5,9H,6H2,1H3;1-2,10H/q+1;/p-1. The van der Waals surface area contributed by atoms with Crippen molar-refractivity contribution in [2.24, 2.45) is 7.05 Å². The van der Waals surface area contributed by atoms with Crippen LogP contribution >= 0.6 is 0 Å². The molecular formula is C13H12N4O8. The molecule has 1 aromatic carbocycles. The lowest BCUT2D eigenvalue weighted by Crippen LogP contribution is -2.32. The number of rotatable bonds is 4. The summed E-state index contributed by atoms with van der Waals surface area (Å²) in [5.41, 5.74) is -2.34. The minimum absolute atomic E-state index is 0.108. The monoisotopic (exact) mass is 352 g/mol. The molecule has 25 heavy (non-hydrogen) atoms. The molecule has 0 saturated carbocycles. The van der Waals surface area contributed by atoms with Gasteiger partial charge in [-0.1, -0.05) is 6.07 Å². The van der Waals surface area contributed by atoms with E-state index in [-0.39, 0.29) is 6.61 Å². The summed E-state index contributed by atoms with van der Waals surface area (Å²) in [5.74, 6) is -1.46. The molecule has 0 unspecified atom stereocenters. The van der Waals surface area contributed by atoms with E-state index in [1.807, 2.05) is 36.0 Å². The van der Waals surface area contributed by atoms with E-state index in [1.54, 1.807) is 0 Å². The van der Waals surface area contributed by atoms with Gasteiger partial charge in [0.1, 0.15) is 13.7 Å². The summed E-state index contributed by atoms with van der Waals surface area (Å²) in [6, 6.07) is 6.50. The maximum absolute atomic E-state index is 11.1. The van der Waals surface area contributed by atoms with Crippen LogP contribution in [0.3, 0.4) is 0 Å². The first-order valence-corrected chi connectivity index (χ1v) is 6.51. The lowest BCUT2D eigenvalue weighted by atomic mass is 10.2. The molecule has 0 bridgehead atoms. The third-order valence-corrected chi connectivity index (χ3v) is 2.96. The lowest BCUT2D eigenvalue weighted by Gasteiger charge is -2.06. The molecule has 1 aromatic heterocycles. The maximum atomic E-state index is 11.1. The van der Waals surface area contributed by atoms with Crippen LogP contribution in [0.5, 0.6) is 5.75 Å². The molecule has 0 saturated heterocycles. The smallest absolute Gasteiger partial charge is 0.283 e. The van der Waals surface area contributed by atoms with Gasteiger partial charge in [0.05, 0.1) is 32.7 Å². The molecule has 12 heteroatoms. The number of aliphatic hydroxyl groups excluding tert-OH is 1. The summed E-state index contributed by atoms with van der Waals surface area (Å²) in [6.45, 7) is 0.108. The number of aryl methyl sites for hydroxylation is 1. The largest absolute Gasteiger partial charge is 0.863 e. The summed E-state index contributed by atoms with van der Waals surface area (Å²) in [6.07, 6.45) is 1.91. The number of nitro groups is 3. The Kier molecular flexibility index (Phi) is 6.40. The molecule has 12 nitrogen and oxygen atoms in total. The van der Waals surface area contributed by atoms with Crippen LogP contribution in [0.25, 0.3) is 0 Å². The maximum Gasteiger partial charge on any atom is 0.283 e. The molecule has 1 N–H and O–H groups in total. The Morgan fingerprint density at radius 2 is 1.52 bits per heavy atom. The number of nitro benzene ring substituents is 3. The number of non-ortho nitro benzene ring substituents is 1. The Labute approximate surface area is 139 Å². The average Bonchev–Trinajstić information content (AvgIpc) is 2.55. The normalized spacial score (nSPS) is 9.68. The molecule has 0 radical (unpaired) electrons. The van der Waals surface area contributed by atoms with Crippen molar-refractivity contribution in [2.75, 3.05) is 0 Å². The van der Waals surface area contributed by atoms with Crippen molar-refractivity contribution in [2.45, 2.75) is 6.61 Å². The molecule has 0 aliphatic carbocycles. The number of aromatic nitrogens is 1. The van der Waals surface area contributed by atoms with E-state index in [2.05, 4.69) is 0 Å². The van der Waals surface area contributed by atoms with E-state index in [4.69, 9.17) is 5.11 Å². The van der Waals surface area contributed by atoms with Crippen molar-refractivity contribution in [1.82, 2.24) is 0 Å². The van der Waals surface area contributed by atoms with Crippen molar-refractivity contribution in [3.8, 4) is 5.75 Å². The molecule has 1 heterocycles. The van der Waals surface area contributed by atoms with Gasteiger partial charge in [-0.25, -0.2) is 4.57 Å². The molecule has 0 fully saturated rings. The van der Waals surface area contributed by atoms with E-state index >= 15 is 0 Å². The molecule has 0 spiro atoms. The van der Waals surface area contributed by atoms with Gasteiger partial charge >= 0.3 is 0 Å². The second kappa shape index (κ2) is 8.26. The number of nitrogens with zero attached hydrogens (tertiary/aromatic N) is 4. The van der Waals surface area contributed by atoms with Gasteiger partial charge in [-0.3, -0.25) is 30.3 Å². The van der Waals surface area contributed by atoms with Gasteiger partial charge in [0.15, 0.2) is 6.20 Å². The highest BCUT2D eigenvalue weighted by Gasteiger charge is 2.24. The summed E-state index contributed by atoms with van der Waals surface area (Å²) >= 11 is 0. The third kappa shape index (κ3) is 4.90. The van der Waals surface area contributed by atoms with Crippen LogP contribution in [0, 0.1) is 30.3 Å². The Hall–Kier alpha value is -3.67. The molecule has 0 aliphatic heterocycles. The molecule has 0 aliphatic rings. The van der Waals surface area contributed by atoms with Gasteiger partial charge in [0.25, 0.3) is 17.1 Å². The topological polar surface area (TPSA) is 177 Å². The minimum Gasteiger partial charge on any atom is -0.863 e.